The monoisotopic (exact) mass is 292 g/mol. The van der Waals surface area contributed by atoms with Gasteiger partial charge in [0, 0.05) is 12.4 Å². The highest BCUT2D eigenvalue weighted by Crippen LogP contribution is 2.24. The Morgan fingerprint density at radius 1 is 1.09 bits per heavy atom. The van der Waals surface area contributed by atoms with Gasteiger partial charge < -0.3 is 5.73 Å². The number of rotatable bonds is 4. The van der Waals surface area contributed by atoms with Gasteiger partial charge in [-0.1, -0.05) is 23.8 Å². The summed E-state index contributed by atoms with van der Waals surface area (Å²) in [6.07, 6.45) is 5.13. The van der Waals surface area contributed by atoms with Crippen LogP contribution in [0.5, 0.6) is 0 Å². The van der Waals surface area contributed by atoms with Crippen molar-refractivity contribution in [2.75, 3.05) is 5.73 Å². The smallest absolute Gasteiger partial charge is 0.150 e. The summed E-state index contributed by atoms with van der Waals surface area (Å²) in [6, 6.07) is 11.7. The molecule has 0 aliphatic heterocycles. The van der Waals surface area contributed by atoms with E-state index in [9.17, 15) is 0 Å². The molecule has 0 unspecified atom stereocenters. The fourth-order valence-corrected chi connectivity index (χ4v) is 1.98. The van der Waals surface area contributed by atoms with Crippen molar-refractivity contribution < 1.29 is 0 Å². The third-order valence-corrected chi connectivity index (χ3v) is 3.22. The number of azo groups is 1. The lowest BCUT2D eigenvalue weighted by molar-refractivity contribution is 0.695. The molecule has 110 valence electrons. The van der Waals surface area contributed by atoms with E-state index in [1.165, 1.54) is 5.56 Å². The average Bonchev–Trinajstić information content (AvgIpc) is 2.88. The van der Waals surface area contributed by atoms with E-state index in [4.69, 9.17) is 5.73 Å². The molecule has 3 aromatic rings. The van der Waals surface area contributed by atoms with E-state index < -0.39 is 0 Å². The number of pyridine rings is 1. The largest absolute Gasteiger partial charge is 0.382 e. The zero-order valence-electron chi connectivity index (χ0n) is 12.2. The predicted octanol–water partition coefficient (Wildman–Crippen LogP) is 3.63. The second kappa shape index (κ2) is 6.17. The molecule has 3 rings (SSSR count). The van der Waals surface area contributed by atoms with Crippen molar-refractivity contribution in [3.63, 3.8) is 0 Å². The minimum atomic E-state index is 0.486. The summed E-state index contributed by atoms with van der Waals surface area (Å²) in [5.74, 6) is 0.486. The molecule has 0 bridgehead atoms. The highest BCUT2D eigenvalue weighted by atomic mass is 15.3. The van der Waals surface area contributed by atoms with E-state index in [1.807, 2.05) is 43.3 Å². The van der Waals surface area contributed by atoms with Gasteiger partial charge in [0.2, 0.25) is 0 Å². The van der Waals surface area contributed by atoms with E-state index in [1.54, 1.807) is 23.3 Å². The van der Waals surface area contributed by atoms with Gasteiger partial charge in [0.05, 0.1) is 18.4 Å². The first-order chi connectivity index (χ1) is 10.7. The highest BCUT2D eigenvalue weighted by Gasteiger charge is 2.07. The Labute approximate surface area is 128 Å². The van der Waals surface area contributed by atoms with E-state index in [0.29, 0.717) is 18.1 Å². The maximum absolute atomic E-state index is 6.07. The molecule has 0 saturated carbocycles. The molecule has 6 heteroatoms. The lowest BCUT2D eigenvalue weighted by Gasteiger charge is -2.03. The molecule has 6 nitrogen and oxygen atoms in total. The number of aryl methyl sites for hydroxylation is 1. The number of nitrogens with zero attached hydrogens (tertiary/aromatic N) is 5. The van der Waals surface area contributed by atoms with Crippen LogP contribution in [-0.4, -0.2) is 14.8 Å². The van der Waals surface area contributed by atoms with E-state index in [-0.39, 0.29) is 0 Å². The Morgan fingerprint density at radius 3 is 2.64 bits per heavy atom. The molecule has 0 aliphatic rings. The molecule has 0 atom stereocenters. The zero-order chi connectivity index (χ0) is 15.4. The molecule has 0 amide bonds. The molecular weight excluding hydrogens is 276 g/mol. The molecule has 2 heterocycles. The molecule has 2 N–H and O–H groups in total. The van der Waals surface area contributed by atoms with Gasteiger partial charge in [-0.05, 0) is 30.7 Å². The van der Waals surface area contributed by atoms with Gasteiger partial charge in [-0.2, -0.15) is 10.2 Å². The van der Waals surface area contributed by atoms with Gasteiger partial charge in [-0.15, -0.1) is 5.11 Å². The highest BCUT2D eigenvalue weighted by molar-refractivity contribution is 5.56. The number of benzene rings is 1. The fourth-order valence-electron chi connectivity index (χ4n) is 1.98. The van der Waals surface area contributed by atoms with Crippen LogP contribution in [0, 0.1) is 6.92 Å². The van der Waals surface area contributed by atoms with E-state index in [0.717, 1.165) is 11.3 Å². The van der Waals surface area contributed by atoms with Crippen LogP contribution in [0.4, 0.5) is 17.2 Å². The minimum absolute atomic E-state index is 0.486. The number of nitrogens with two attached hydrogens (primary N) is 1. The number of nitrogen functional groups attached to an aromatic ring is 1. The van der Waals surface area contributed by atoms with Crippen LogP contribution in [0.3, 0.4) is 0 Å². The first-order valence-electron chi connectivity index (χ1n) is 6.91. The van der Waals surface area contributed by atoms with Crippen molar-refractivity contribution in [2.24, 2.45) is 10.2 Å². The summed E-state index contributed by atoms with van der Waals surface area (Å²) in [5, 5.41) is 12.6. The predicted molar refractivity (Wildman–Crippen MR) is 85.3 cm³/mol. The topological polar surface area (TPSA) is 81.5 Å². The summed E-state index contributed by atoms with van der Waals surface area (Å²) in [4.78, 5) is 4.08. The summed E-state index contributed by atoms with van der Waals surface area (Å²) >= 11 is 0. The maximum atomic E-state index is 6.07. The second-order valence-corrected chi connectivity index (χ2v) is 4.97. The Bertz CT molecular complexity index is 774. The standard InChI is InChI=1S/C16H16N6/c1-12-4-6-14(7-5-12)20-21-15-10-19-22(16(15)17)11-13-3-2-8-18-9-13/h2-10H,11,17H2,1H3/b21-20+. The maximum Gasteiger partial charge on any atom is 0.150 e. The van der Waals surface area contributed by atoms with Crippen molar-refractivity contribution in [3.8, 4) is 0 Å². The SMILES string of the molecule is Cc1ccc(/N=N/c2cnn(Cc3cccnc3)c2N)cc1. The number of aromatic nitrogens is 3. The van der Waals surface area contributed by atoms with E-state index in [2.05, 4.69) is 20.3 Å². The number of anilines is 1. The fraction of sp³-hybridized carbons (Fsp3) is 0.125. The van der Waals surface area contributed by atoms with Crippen LogP contribution in [0.2, 0.25) is 0 Å². The average molecular weight is 292 g/mol. The molecule has 2 aromatic heterocycles. The third-order valence-electron chi connectivity index (χ3n) is 3.22. The Kier molecular flexibility index (Phi) is 3.91. The first kappa shape index (κ1) is 13.9. The van der Waals surface area contributed by atoms with Crippen molar-refractivity contribution in [1.29, 1.82) is 0 Å². The normalized spacial score (nSPS) is 11.1. The van der Waals surface area contributed by atoms with Crippen LogP contribution >= 0.6 is 0 Å². The van der Waals surface area contributed by atoms with Crippen LogP contribution in [0.15, 0.2) is 65.2 Å². The summed E-state index contributed by atoms with van der Waals surface area (Å²) in [7, 11) is 0. The van der Waals surface area contributed by atoms with Crippen LogP contribution < -0.4 is 5.73 Å². The summed E-state index contributed by atoms with van der Waals surface area (Å²) in [6.45, 7) is 2.58. The summed E-state index contributed by atoms with van der Waals surface area (Å²) in [5.41, 5.74) is 9.62. The van der Waals surface area contributed by atoms with Crippen molar-refractivity contribution in [1.82, 2.24) is 14.8 Å². The summed E-state index contributed by atoms with van der Waals surface area (Å²) < 4.78 is 1.68. The van der Waals surface area contributed by atoms with Gasteiger partial charge in [0.1, 0.15) is 11.5 Å². The second-order valence-electron chi connectivity index (χ2n) is 4.97. The van der Waals surface area contributed by atoms with E-state index >= 15 is 0 Å². The van der Waals surface area contributed by atoms with Gasteiger partial charge in [-0.3, -0.25) is 4.98 Å². The third kappa shape index (κ3) is 3.17. The van der Waals surface area contributed by atoms with Crippen LogP contribution in [-0.2, 0) is 6.54 Å². The van der Waals surface area contributed by atoms with Crippen molar-refractivity contribution in [3.05, 3.63) is 66.1 Å². The molecular formula is C16H16N6. The molecule has 1 aromatic carbocycles. The van der Waals surface area contributed by atoms with Gasteiger partial charge in [0.25, 0.3) is 0 Å². The Balaban J connectivity index is 1.77. The molecule has 0 aliphatic carbocycles. The van der Waals surface area contributed by atoms with Gasteiger partial charge >= 0.3 is 0 Å². The zero-order valence-corrected chi connectivity index (χ0v) is 12.2. The van der Waals surface area contributed by atoms with Crippen molar-refractivity contribution >= 4 is 17.2 Å². The number of hydrogen-bond donors (Lipinski definition) is 1. The lowest BCUT2D eigenvalue weighted by Crippen LogP contribution is -2.05. The minimum Gasteiger partial charge on any atom is -0.382 e. The Hall–Kier alpha value is -3.02. The molecule has 0 spiro atoms. The van der Waals surface area contributed by atoms with Crippen LogP contribution in [0.25, 0.3) is 0 Å². The number of hydrogen-bond acceptors (Lipinski definition) is 5. The molecule has 0 saturated heterocycles. The first-order valence-corrected chi connectivity index (χ1v) is 6.91. The lowest BCUT2D eigenvalue weighted by atomic mass is 10.2. The molecule has 22 heavy (non-hydrogen) atoms. The Morgan fingerprint density at radius 2 is 1.91 bits per heavy atom. The van der Waals surface area contributed by atoms with Crippen molar-refractivity contribution in [2.45, 2.75) is 13.5 Å². The van der Waals surface area contributed by atoms with Gasteiger partial charge in [0.15, 0.2) is 0 Å². The van der Waals surface area contributed by atoms with Crippen LogP contribution in [0.1, 0.15) is 11.1 Å². The van der Waals surface area contributed by atoms with Gasteiger partial charge in [-0.25, -0.2) is 4.68 Å². The molecule has 0 fully saturated rings. The molecule has 0 radical (unpaired) electrons. The quantitative estimate of drug-likeness (QED) is 0.745.